The predicted molar refractivity (Wildman–Crippen MR) is 52.8 cm³/mol. The second kappa shape index (κ2) is 5.99. The van der Waals surface area contributed by atoms with Crippen molar-refractivity contribution in [1.82, 2.24) is 0 Å². The van der Waals surface area contributed by atoms with Gasteiger partial charge in [-0.15, -0.1) is 0 Å². The highest BCUT2D eigenvalue weighted by Gasteiger charge is 2.20. The van der Waals surface area contributed by atoms with E-state index in [1.165, 1.54) is 6.20 Å². The van der Waals surface area contributed by atoms with Crippen LogP contribution in [0.4, 0.5) is 0 Å². The third-order valence-electron chi connectivity index (χ3n) is 1.84. The van der Waals surface area contributed by atoms with E-state index in [9.17, 15) is 8.42 Å². The molecule has 0 spiro atoms. The molecule has 3 N–H and O–H groups in total. The molecule has 0 aliphatic carbocycles. The normalized spacial score (nSPS) is 14.9. The van der Waals surface area contributed by atoms with Crippen LogP contribution in [0.5, 0.6) is 0 Å². The number of hydrogen-bond donors (Lipinski definition) is 2. The highest BCUT2D eigenvalue weighted by molar-refractivity contribution is 7.86. The van der Waals surface area contributed by atoms with Gasteiger partial charge in [0.05, 0.1) is 5.25 Å². The predicted octanol–water partition coefficient (Wildman–Crippen LogP) is 1.30. The van der Waals surface area contributed by atoms with Crippen LogP contribution in [-0.2, 0) is 10.1 Å². The summed E-state index contributed by atoms with van der Waals surface area (Å²) < 4.78 is 30.5. The first-order valence-electron chi connectivity index (χ1n) is 4.35. The van der Waals surface area contributed by atoms with E-state index in [0.717, 1.165) is 12.8 Å². The maximum absolute atomic E-state index is 10.8. The van der Waals surface area contributed by atoms with Crippen LogP contribution in [0.25, 0.3) is 0 Å². The minimum atomic E-state index is -3.92. The number of allylic oxidation sites excluding steroid dienone is 1. The van der Waals surface area contributed by atoms with Crippen molar-refractivity contribution < 1.29 is 13.0 Å². The van der Waals surface area contributed by atoms with E-state index in [1.54, 1.807) is 6.08 Å². The standard InChI is InChI=1S/C8H17NO3S/c1-2-3-5-8(6-4-7-9)13(10,11)12/h4,7-8H,2-3,5-6,9H2,1H3,(H,10,11,12). The SMILES string of the molecule is CCCCC(CC=CN)S(=O)(=O)O. The summed E-state index contributed by atoms with van der Waals surface area (Å²) in [6, 6.07) is 0. The molecule has 0 aliphatic heterocycles. The fourth-order valence-electron chi connectivity index (χ4n) is 1.05. The first kappa shape index (κ1) is 12.4. The van der Waals surface area contributed by atoms with Crippen LogP contribution >= 0.6 is 0 Å². The number of unbranched alkanes of at least 4 members (excludes halogenated alkanes) is 1. The maximum atomic E-state index is 10.8. The van der Waals surface area contributed by atoms with Gasteiger partial charge in [-0.2, -0.15) is 8.42 Å². The minimum absolute atomic E-state index is 0.287. The molecular weight excluding hydrogens is 190 g/mol. The van der Waals surface area contributed by atoms with Crippen LogP contribution in [0.3, 0.4) is 0 Å². The molecule has 1 atom stereocenters. The Morgan fingerprint density at radius 3 is 2.54 bits per heavy atom. The summed E-state index contributed by atoms with van der Waals surface area (Å²) in [5.41, 5.74) is 5.09. The smallest absolute Gasteiger partial charge is 0.268 e. The average Bonchev–Trinajstić information content (AvgIpc) is 2.02. The fourth-order valence-corrected chi connectivity index (χ4v) is 1.87. The molecule has 13 heavy (non-hydrogen) atoms. The maximum Gasteiger partial charge on any atom is 0.268 e. The van der Waals surface area contributed by atoms with Gasteiger partial charge in [-0.05, 0) is 19.0 Å². The van der Waals surface area contributed by atoms with E-state index < -0.39 is 15.4 Å². The lowest BCUT2D eigenvalue weighted by molar-refractivity contribution is 0.458. The highest BCUT2D eigenvalue weighted by Crippen LogP contribution is 2.13. The van der Waals surface area contributed by atoms with E-state index in [4.69, 9.17) is 10.3 Å². The summed E-state index contributed by atoms with van der Waals surface area (Å²) in [6.07, 6.45) is 5.33. The van der Waals surface area contributed by atoms with Gasteiger partial charge in [-0.25, -0.2) is 0 Å². The fraction of sp³-hybridized carbons (Fsp3) is 0.750. The number of rotatable bonds is 6. The van der Waals surface area contributed by atoms with Gasteiger partial charge in [-0.1, -0.05) is 25.8 Å². The lowest BCUT2D eigenvalue weighted by Crippen LogP contribution is -2.19. The van der Waals surface area contributed by atoms with Crippen LogP contribution in [0.15, 0.2) is 12.3 Å². The van der Waals surface area contributed by atoms with Crippen LogP contribution in [0, 0.1) is 0 Å². The first-order chi connectivity index (χ1) is 6.02. The van der Waals surface area contributed by atoms with Crippen molar-refractivity contribution in [3.8, 4) is 0 Å². The lowest BCUT2D eigenvalue weighted by atomic mass is 10.1. The van der Waals surface area contributed by atoms with Gasteiger partial charge < -0.3 is 5.73 Å². The summed E-state index contributed by atoms with van der Waals surface area (Å²) in [4.78, 5) is 0. The van der Waals surface area contributed by atoms with E-state index >= 15 is 0 Å². The molecule has 0 saturated heterocycles. The molecule has 1 unspecified atom stereocenters. The quantitative estimate of drug-likeness (QED) is 0.643. The van der Waals surface area contributed by atoms with Crippen molar-refractivity contribution in [2.24, 2.45) is 5.73 Å². The Hall–Kier alpha value is -0.550. The van der Waals surface area contributed by atoms with Crippen LogP contribution < -0.4 is 5.73 Å². The van der Waals surface area contributed by atoms with Crippen molar-refractivity contribution in [3.63, 3.8) is 0 Å². The van der Waals surface area contributed by atoms with Crippen LogP contribution in [0.2, 0.25) is 0 Å². The van der Waals surface area contributed by atoms with Gasteiger partial charge in [0.15, 0.2) is 0 Å². The highest BCUT2D eigenvalue weighted by atomic mass is 32.2. The van der Waals surface area contributed by atoms with Gasteiger partial charge in [0.25, 0.3) is 10.1 Å². The lowest BCUT2D eigenvalue weighted by Gasteiger charge is -2.10. The van der Waals surface area contributed by atoms with Crippen molar-refractivity contribution in [2.75, 3.05) is 0 Å². The molecule has 0 aromatic carbocycles. The zero-order valence-electron chi connectivity index (χ0n) is 7.81. The van der Waals surface area contributed by atoms with Crippen molar-refractivity contribution in [1.29, 1.82) is 0 Å². The second-order valence-electron chi connectivity index (χ2n) is 2.94. The summed E-state index contributed by atoms with van der Waals surface area (Å²) >= 11 is 0. The van der Waals surface area contributed by atoms with E-state index in [0.29, 0.717) is 6.42 Å². The summed E-state index contributed by atoms with van der Waals surface area (Å²) in [5.74, 6) is 0. The molecule has 4 nitrogen and oxygen atoms in total. The molecule has 0 aliphatic rings. The monoisotopic (exact) mass is 207 g/mol. The third kappa shape index (κ3) is 5.65. The average molecular weight is 207 g/mol. The van der Waals surface area contributed by atoms with Crippen LogP contribution in [0.1, 0.15) is 32.6 Å². The Labute approximate surface area is 79.6 Å². The third-order valence-corrected chi connectivity index (χ3v) is 3.11. The first-order valence-corrected chi connectivity index (χ1v) is 5.85. The van der Waals surface area contributed by atoms with E-state index in [2.05, 4.69) is 0 Å². The number of hydrogen-bond acceptors (Lipinski definition) is 3. The molecular formula is C8H17NO3S. The molecule has 0 aromatic rings. The minimum Gasteiger partial charge on any atom is -0.405 e. The molecule has 0 aromatic heterocycles. The molecule has 0 heterocycles. The zero-order chi connectivity index (χ0) is 10.3. The molecule has 78 valence electrons. The molecule has 5 heteroatoms. The van der Waals surface area contributed by atoms with Crippen LogP contribution in [-0.4, -0.2) is 18.2 Å². The molecule has 0 saturated carbocycles. The Balaban J connectivity index is 4.20. The summed E-state index contributed by atoms with van der Waals surface area (Å²) in [5, 5.41) is -0.702. The molecule has 0 radical (unpaired) electrons. The Morgan fingerprint density at radius 2 is 2.15 bits per heavy atom. The van der Waals surface area contributed by atoms with Gasteiger partial charge in [-0.3, -0.25) is 4.55 Å². The van der Waals surface area contributed by atoms with Gasteiger partial charge in [0, 0.05) is 0 Å². The van der Waals surface area contributed by atoms with Crippen molar-refractivity contribution in [3.05, 3.63) is 12.3 Å². The molecule has 0 rings (SSSR count). The molecule has 0 amide bonds. The molecule has 0 bridgehead atoms. The largest absolute Gasteiger partial charge is 0.405 e. The van der Waals surface area contributed by atoms with Gasteiger partial charge in [0.2, 0.25) is 0 Å². The van der Waals surface area contributed by atoms with E-state index in [1.807, 2.05) is 6.92 Å². The second-order valence-corrected chi connectivity index (χ2v) is 4.64. The van der Waals surface area contributed by atoms with Crippen molar-refractivity contribution in [2.45, 2.75) is 37.9 Å². The Bertz CT molecular complexity index is 246. The Kier molecular flexibility index (Phi) is 5.73. The van der Waals surface area contributed by atoms with Gasteiger partial charge >= 0.3 is 0 Å². The molecule has 0 fully saturated rings. The summed E-state index contributed by atoms with van der Waals surface area (Å²) in [6.45, 7) is 1.97. The van der Waals surface area contributed by atoms with Gasteiger partial charge in [0.1, 0.15) is 0 Å². The Morgan fingerprint density at radius 1 is 1.54 bits per heavy atom. The topological polar surface area (TPSA) is 80.4 Å². The van der Waals surface area contributed by atoms with E-state index in [-0.39, 0.29) is 6.42 Å². The number of nitrogens with two attached hydrogens (primary N) is 1. The zero-order valence-corrected chi connectivity index (χ0v) is 8.63. The van der Waals surface area contributed by atoms with Crippen molar-refractivity contribution >= 4 is 10.1 Å². The summed E-state index contributed by atoms with van der Waals surface area (Å²) in [7, 11) is -3.92.